The van der Waals surface area contributed by atoms with Gasteiger partial charge in [-0.25, -0.2) is 0 Å². The quantitative estimate of drug-likeness (QED) is 0.636. The standard InChI is InChI=1S/C13H8N4/c14-8-10-4-6-11(7-5-10)12-2-1-3-13-15-9-16-17(12)13/h1-7,9H/p+1. The largest absolute Gasteiger partial charge is 0.348 e. The molecule has 3 rings (SSSR count). The summed E-state index contributed by atoms with van der Waals surface area (Å²) < 4.78 is 1.90. The molecule has 2 heterocycles. The van der Waals surface area contributed by atoms with Crippen LogP contribution in [0, 0.1) is 11.3 Å². The maximum atomic E-state index is 8.77. The zero-order valence-corrected chi connectivity index (χ0v) is 8.96. The first-order chi connectivity index (χ1) is 8.38. The van der Waals surface area contributed by atoms with Crippen molar-refractivity contribution in [3.05, 3.63) is 54.4 Å². The molecule has 0 saturated heterocycles. The van der Waals surface area contributed by atoms with Crippen molar-refractivity contribution in [1.82, 2.24) is 10.1 Å². The molecule has 0 aliphatic heterocycles. The first kappa shape index (κ1) is 9.55. The van der Waals surface area contributed by atoms with Gasteiger partial charge in [0.2, 0.25) is 6.33 Å². The highest BCUT2D eigenvalue weighted by molar-refractivity contribution is 5.58. The van der Waals surface area contributed by atoms with E-state index in [0.717, 1.165) is 16.9 Å². The van der Waals surface area contributed by atoms with Crippen LogP contribution in [0.15, 0.2) is 48.8 Å². The van der Waals surface area contributed by atoms with E-state index in [1.807, 2.05) is 47.0 Å². The molecule has 4 nitrogen and oxygen atoms in total. The van der Waals surface area contributed by atoms with Crippen LogP contribution in [0.4, 0.5) is 0 Å². The van der Waals surface area contributed by atoms with Crippen LogP contribution in [-0.4, -0.2) is 10.1 Å². The Labute approximate surface area is 97.8 Å². The molecule has 0 radical (unpaired) electrons. The smallest absolute Gasteiger partial charge is 0.192 e. The highest BCUT2D eigenvalue weighted by Crippen LogP contribution is 2.15. The molecule has 0 saturated carbocycles. The number of aromatic amines is 1. The number of benzene rings is 1. The molecule has 0 atom stereocenters. The van der Waals surface area contributed by atoms with E-state index in [1.54, 1.807) is 6.33 Å². The Kier molecular flexibility index (Phi) is 2.09. The minimum atomic E-state index is 0.663. The van der Waals surface area contributed by atoms with Gasteiger partial charge in [0, 0.05) is 11.6 Å². The Morgan fingerprint density at radius 1 is 1.12 bits per heavy atom. The summed E-state index contributed by atoms with van der Waals surface area (Å²) in [6.45, 7) is 0. The molecule has 0 aliphatic rings. The fourth-order valence-corrected chi connectivity index (χ4v) is 1.83. The molecular weight excluding hydrogens is 212 g/mol. The van der Waals surface area contributed by atoms with Gasteiger partial charge in [-0.2, -0.15) is 10.4 Å². The summed E-state index contributed by atoms with van der Waals surface area (Å²) in [5, 5.41) is 11.8. The first-order valence-electron chi connectivity index (χ1n) is 5.23. The van der Waals surface area contributed by atoms with Crippen molar-refractivity contribution in [1.29, 1.82) is 5.26 Å². The summed E-state index contributed by atoms with van der Waals surface area (Å²) in [6.07, 6.45) is 1.66. The fourth-order valence-electron chi connectivity index (χ4n) is 1.83. The minimum Gasteiger partial charge on any atom is -0.192 e. The summed E-state index contributed by atoms with van der Waals surface area (Å²) in [6, 6.07) is 15.5. The normalized spacial score (nSPS) is 10.3. The first-order valence-corrected chi connectivity index (χ1v) is 5.23. The van der Waals surface area contributed by atoms with Gasteiger partial charge in [-0.15, -0.1) is 4.52 Å². The molecular formula is C13H9N4+. The lowest BCUT2D eigenvalue weighted by molar-refractivity contribution is -0.565. The lowest BCUT2D eigenvalue weighted by atomic mass is 10.1. The summed E-state index contributed by atoms with van der Waals surface area (Å²) in [5.74, 6) is 0. The average Bonchev–Trinajstić information content (AvgIpc) is 2.87. The Bertz CT molecular complexity index is 704. The molecule has 17 heavy (non-hydrogen) atoms. The maximum Gasteiger partial charge on any atom is 0.348 e. The Morgan fingerprint density at radius 2 is 1.94 bits per heavy atom. The van der Waals surface area contributed by atoms with Gasteiger partial charge >= 0.3 is 5.65 Å². The Balaban J connectivity index is 2.20. The molecule has 1 aromatic carbocycles. The second-order valence-electron chi connectivity index (χ2n) is 3.68. The third-order valence-corrected chi connectivity index (χ3v) is 2.66. The fraction of sp³-hybridized carbons (Fsp3) is 0. The van der Waals surface area contributed by atoms with Crippen LogP contribution in [0.3, 0.4) is 0 Å². The molecule has 3 aromatic rings. The summed E-state index contributed by atoms with van der Waals surface area (Å²) in [5.41, 5.74) is 3.59. The number of hydrogen-bond donors (Lipinski definition) is 1. The minimum absolute atomic E-state index is 0.663. The van der Waals surface area contributed by atoms with Crippen LogP contribution in [0.2, 0.25) is 0 Å². The third kappa shape index (κ3) is 1.54. The van der Waals surface area contributed by atoms with Crippen molar-refractivity contribution in [2.45, 2.75) is 0 Å². The average molecular weight is 221 g/mol. The number of nitriles is 1. The predicted molar refractivity (Wildman–Crippen MR) is 61.9 cm³/mol. The van der Waals surface area contributed by atoms with Crippen molar-refractivity contribution in [2.24, 2.45) is 0 Å². The van der Waals surface area contributed by atoms with Gasteiger partial charge < -0.3 is 0 Å². The lowest BCUT2D eigenvalue weighted by Crippen LogP contribution is -2.25. The third-order valence-electron chi connectivity index (χ3n) is 2.66. The lowest BCUT2D eigenvalue weighted by Gasteiger charge is -1.98. The molecule has 0 bridgehead atoms. The number of pyridine rings is 1. The Morgan fingerprint density at radius 3 is 2.71 bits per heavy atom. The molecule has 4 heteroatoms. The van der Waals surface area contributed by atoms with E-state index < -0.39 is 0 Å². The van der Waals surface area contributed by atoms with E-state index in [0.29, 0.717) is 5.56 Å². The number of nitrogens with zero attached hydrogens (tertiary/aromatic N) is 3. The summed E-state index contributed by atoms with van der Waals surface area (Å²) in [4.78, 5) is 4.19. The molecule has 1 N–H and O–H groups in total. The van der Waals surface area contributed by atoms with Gasteiger partial charge in [0.25, 0.3) is 0 Å². The number of H-pyrrole nitrogens is 1. The van der Waals surface area contributed by atoms with Gasteiger partial charge in [0.15, 0.2) is 5.69 Å². The summed E-state index contributed by atoms with van der Waals surface area (Å²) >= 11 is 0. The molecule has 0 fully saturated rings. The van der Waals surface area contributed by atoms with Crippen molar-refractivity contribution in [3.63, 3.8) is 0 Å². The highest BCUT2D eigenvalue weighted by atomic mass is 15.3. The van der Waals surface area contributed by atoms with Gasteiger partial charge in [-0.1, -0.05) is 0 Å². The van der Waals surface area contributed by atoms with Crippen molar-refractivity contribution < 1.29 is 4.52 Å². The predicted octanol–water partition coefficient (Wildman–Crippen LogP) is 1.69. The van der Waals surface area contributed by atoms with Crippen LogP contribution in [0.25, 0.3) is 16.9 Å². The maximum absolute atomic E-state index is 8.77. The van der Waals surface area contributed by atoms with Crippen molar-refractivity contribution in [3.8, 4) is 17.3 Å². The van der Waals surface area contributed by atoms with Crippen LogP contribution in [0.1, 0.15) is 5.56 Å². The molecule has 0 unspecified atom stereocenters. The van der Waals surface area contributed by atoms with E-state index in [4.69, 9.17) is 5.26 Å². The monoisotopic (exact) mass is 221 g/mol. The molecule has 2 aromatic heterocycles. The van der Waals surface area contributed by atoms with Gasteiger partial charge in [0.05, 0.1) is 11.6 Å². The van der Waals surface area contributed by atoms with Crippen LogP contribution >= 0.6 is 0 Å². The second-order valence-corrected chi connectivity index (χ2v) is 3.68. The van der Waals surface area contributed by atoms with Crippen LogP contribution < -0.4 is 4.52 Å². The van der Waals surface area contributed by atoms with Crippen molar-refractivity contribution >= 4 is 5.65 Å². The van der Waals surface area contributed by atoms with E-state index in [2.05, 4.69) is 16.2 Å². The highest BCUT2D eigenvalue weighted by Gasteiger charge is 2.11. The summed E-state index contributed by atoms with van der Waals surface area (Å²) in [7, 11) is 0. The van der Waals surface area contributed by atoms with Crippen LogP contribution in [0.5, 0.6) is 0 Å². The zero-order valence-electron chi connectivity index (χ0n) is 8.96. The SMILES string of the molecule is N#Cc1ccc(-c2cccc3nc[nH][n+]23)cc1. The van der Waals surface area contributed by atoms with E-state index in [1.165, 1.54) is 0 Å². The van der Waals surface area contributed by atoms with E-state index in [9.17, 15) is 0 Å². The van der Waals surface area contributed by atoms with Gasteiger partial charge in [-0.05, 0) is 41.4 Å². The molecule has 80 valence electrons. The molecule has 0 spiro atoms. The van der Waals surface area contributed by atoms with Gasteiger partial charge in [-0.3, -0.25) is 0 Å². The number of hydrogen-bond acceptors (Lipinski definition) is 2. The van der Waals surface area contributed by atoms with Gasteiger partial charge in [0.1, 0.15) is 0 Å². The number of nitrogens with one attached hydrogen (secondary N) is 1. The second kappa shape index (κ2) is 3.72. The molecule has 0 amide bonds. The van der Waals surface area contributed by atoms with E-state index >= 15 is 0 Å². The number of rotatable bonds is 1. The topological polar surface area (TPSA) is 56.6 Å². The van der Waals surface area contributed by atoms with E-state index in [-0.39, 0.29) is 0 Å². The molecule has 0 aliphatic carbocycles. The van der Waals surface area contributed by atoms with Crippen LogP contribution in [-0.2, 0) is 0 Å². The number of fused-ring (bicyclic) bond motifs is 1. The number of aromatic nitrogens is 3. The zero-order chi connectivity index (χ0) is 11.7. The van der Waals surface area contributed by atoms with Crippen molar-refractivity contribution in [2.75, 3.05) is 0 Å². The Hall–Kier alpha value is -2.67.